The number of hydrogen-bond acceptors (Lipinski definition) is 2. The number of benzene rings is 8. The third-order valence-electron chi connectivity index (χ3n) is 11.1. The van der Waals surface area contributed by atoms with Crippen LogP contribution in [0, 0.1) is 0 Å². The molecule has 9 aromatic rings. The van der Waals surface area contributed by atoms with Crippen molar-refractivity contribution in [3.63, 3.8) is 0 Å². The molecule has 0 N–H and O–H groups in total. The smallest absolute Gasteiger partial charge is 0.136 e. The Balaban J connectivity index is 1.20. The Kier molecular flexibility index (Phi) is 7.19. The first kappa shape index (κ1) is 31.1. The van der Waals surface area contributed by atoms with E-state index in [-0.39, 0.29) is 5.41 Å². The van der Waals surface area contributed by atoms with E-state index in [1.165, 1.54) is 55.6 Å². The highest BCUT2D eigenvalue weighted by molar-refractivity contribution is 6.18. The summed E-state index contributed by atoms with van der Waals surface area (Å²) in [5.41, 5.74) is 17.4. The summed E-state index contributed by atoms with van der Waals surface area (Å²) >= 11 is 0. The van der Waals surface area contributed by atoms with Crippen molar-refractivity contribution < 1.29 is 4.42 Å². The first-order valence-corrected chi connectivity index (χ1v) is 18.3. The molecule has 53 heavy (non-hydrogen) atoms. The number of anilines is 3. The van der Waals surface area contributed by atoms with Gasteiger partial charge in [-0.1, -0.05) is 153 Å². The van der Waals surface area contributed by atoms with E-state index in [1.807, 2.05) is 0 Å². The van der Waals surface area contributed by atoms with Crippen LogP contribution in [0.15, 0.2) is 192 Å². The van der Waals surface area contributed by atoms with Crippen LogP contribution in [0.4, 0.5) is 17.1 Å². The molecule has 0 spiro atoms. The van der Waals surface area contributed by atoms with Crippen molar-refractivity contribution in [2.24, 2.45) is 0 Å². The van der Waals surface area contributed by atoms with E-state index in [4.69, 9.17) is 4.42 Å². The van der Waals surface area contributed by atoms with Crippen LogP contribution in [0.25, 0.3) is 66.4 Å². The van der Waals surface area contributed by atoms with Crippen molar-refractivity contribution >= 4 is 39.0 Å². The van der Waals surface area contributed by atoms with Gasteiger partial charge in [0.25, 0.3) is 0 Å². The molecular formula is C51H37NO. The number of nitrogens with zero attached hydrogens (tertiary/aromatic N) is 1. The topological polar surface area (TPSA) is 16.4 Å². The molecule has 0 amide bonds. The van der Waals surface area contributed by atoms with Gasteiger partial charge in [-0.15, -0.1) is 0 Å². The Morgan fingerprint density at radius 2 is 0.887 bits per heavy atom. The molecule has 0 aliphatic heterocycles. The lowest BCUT2D eigenvalue weighted by atomic mass is 9.81. The molecule has 252 valence electrons. The molecule has 2 nitrogen and oxygen atoms in total. The molecule has 1 heterocycles. The van der Waals surface area contributed by atoms with E-state index in [0.29, 0.717) is 0 Å². The van der Waals surface area contributed by atoms with Crippen LogP contribution in [0.2, 0.25) is 0 Å². The quantitative estimate of drug-likeness (QED) is 0.174. The first-order chi connectivity index (χ1) is 26.0. The molecule has 10 rings (SSSR count). The zero-order valence-corrected chi connectivity index (χ0v) is 29.8. The van der Waals surface area contributed by atoms with Gasteiger partial charge in [0, 0.05) is 38.8 Å². The average molecular weight is 680 g/mol. The van der Waals surface area contributed by atoms with Crippen molar-refractivity contribution in [3.05, 3.63) is 199 Å². The predicted molar refractivity (Wildman–Crippen MR) is 222 cm³/mol. The fourth-order valence-corrected chi connectivity index (χ4v) is 8.44. The van der Waals surface area contributed by atoms with Gasteiger partial charge in [-0.2, -0.15) is 0 Å². The summed E-state index contributed by atoms with van der Waals surface area (Å²) in [6.07, 6.45) is 0. The van der Waals surface area contributed by atoms with Crippen molar-refractivity contribution in [1.82, 2.24) is 0 Å². The maximum absolute atomic E-state index is 6.79. The highest BCUT2D eigenvalue weighted by Crippen LogP contribution is 2.55. The summed E-state index contributed by atoms with van der Waals surface area (Å²) in [7, 11) is 0. The molecule has 1 aliphatic carbocycles. The van der Waals surface area contributed by atoms with E-state index in [9.17, 15) is 0 Å². The summed E-state index contributed by atoms with van der Waals surface area (Å²) in [5, 5.41) is 2.26. The van der Waals surface area contributed by atoms with E-state index >= 15 is 0 Å². The van der Waals surface area contributed by atoms with Gasteiger partial charge in [0.05, 0.1) is 0 Å². The molecule has 2 heteroatoms. The third-order valence-corrected chi connectivity index (χ3v) is 11.1. The summed E-state index contributed by atoms with van der Waals surface area (Å²) in [4.78, 5) is 2.36. The molecule has 1 aromatic heterocycles. The molecule has 0 radical (unpaired) electrons. The summed E-state index contributed by atoms with van der Waals surface area (Å²) < 4.78 is 6.79. The Bertz CT molecular complexity index is 2680. The minimum atomic E-state index is -0.150. The molecule has 0 atom stereocenters. The van der Waals surface area contributed by atoms with E-state index in [2.05, 4.69) is 207 Å². The number of furan rings is 1. The Hall–Kier alpha value is -6.64. The van der Waals surface area contributed by atoms with E-state index in [0.717, 1.165) is 39.0 Å². The van der Waals surface area contributed by atoms with Gasteiger partial charge in [-0.25, -0.2) is 0 Å². The second-order valence-corrected chi connectivity index (χ2v) is 14.5. The van der Waals surface area contributed by atoms with E-state index < -0.39 is 0 Å². The molecule has 1 aliphatic rings. The predicted octanol–water partition coefficient (Wildman–Crippen LogP) is 14.4. The Morgan fingerprint density at radius 1 is 0.396 bits per heavy atom. The fraction of sp³-hybridized carbons (Fsp3) is 0.0588. The normalized spacial score (nSPS) is 12.9. The first-order valence-electron chi connectivity index (χ1n) is 18.3. The van der Waals surface area contributed by atoms with Gasteiger partial charge >= 0.3 is 0 Å². The van der Waals surface area contributed by atoms with Gasteiger partial charge in [0.2, 0.25) is 0 Å². The second-order valence-electron chi connectivity index (χ2n) is 14.5. The number of rotatable bonds is 6. The number of hydrogen-bond donors (Lipinski definition) is 0. The third kappa shape index (κ3) is 5.10. The standard InChI is InChI=1S/C51H37NO/c1-51(2)44-21-13-12-20-42(44)49-45(51)33-47-50(48(49)38-18-10-5-11-19-38)43-32-41(30-31-46(43)53-47)52(39-26-22-36(23-27-39)34-14-6-3-7-15-34)40-28-24-37(25-29-40)35-16-8-4-9-17-35/h3-33H,1-2H3. The van der Waals surface area contributed by atoms with Gasteiger partial charge in [0.1, 0.15) is 11.2 Å². The molecule has 0 saturated heterocycles. The van der Waals surface area contributed by atoms with Crippen LogP contribution in [0.1, 0.15) is 25.0 Å². The monoisotopic (exact) mass is 679 g/mol. The Labute approximate surface area is 310 Å². The van der Waals surface area contributed by atoms with Crippen LogP contribution in [-0.2, 0) is 5.41 Å². The van der Waals surface area contributed by atoms with Gasteiger partial charge in [-0.3, -0.25) is 0 Å². The highest BCUT2D eigenvalue weighted by Gasteiger charge is 2.38. The zero-order valence-electron chi connectivity index (χ0n) is 29.8. The highest BCUT2D eigenvalue weighted by atomic mass is 16.3. The van der Waals surface area contributed by atoms with Crippen molar-refractivity contribution in [3.8, 4) is 44.5 Å². The molecular weight excluding hydrogens is 643 g/mol. The van der Waals surface area contributed by atoms with Crippen LogP contribution >= 0.6 is 0 Å². The van der Waals surface area contributed by atoms with Crippen molar-refractivity contribution in [2.75, 3.05) is 4.90 Å². The molecule has 0 unspecified atom stereocenters. The van der Waals surface area contributed by atoms with Crippen LogP contribution in [-0.4, -0.2) is 0 Å². The lowest BCUT2D eigenvalue weighted by molar-refractivity contribution is 0.647. The fourth-order valence-electron chi connectivity index (χ4n) is 8.44. The molecule has 8 aromatic carbocycles. The minimum Gasteiger partial charge on any atom is -0.456 e. The largest absolute Gasteiger partial charge is 0.456 e. The van der Waals surface area contributed by atoms with Crippen molar-refractivity contribution in [2.45, 2.75) is 19.3 Å². The zero-order chi connectivity index (χ0) is 35.5. The SMILES string of the molecule is CC1(C)c2ccccc2-c2c1cc1oc3ccc(N(c4ccc(-c5ccccc5)cc4)c4ccc(-c5ccccc5)cc4)cc3c1c2-c1ccccc1. The van der Waals surface area contributed by atoms with Crippen LogP contribution < -0.4 is 4.90 Å². The summed E-state index contributed by atoms with van der Waals surface area (Å²) in [5.74, 6) is 0. The van der Waals surface area contributed by atoms with Gasteiger partial charge in [-0.05, 0) is 98.6 Å². The minimum absolute atomic E-state index is 0.150. The summed E-state index contributed by atoms with van der Waals surface area (Å²) in [6.45, 7) is 4.67. The lowest BCUT2D eigenvalue weighted by Gasteiger charge is -2.26. The second kappa shape index (κ2) is 12.3. The van der Waals surface area contributed by atoms with E-state index in [1.54, 1.807) is 0 Å². The Morgan fingerprint density at radius 3 is 1.47 bits per heavy atom. The molecule has 0 bridgehead atoms. The maximum Gasteiger partial charge on any atom is 0.136 e. The lowest BCUT2D eigenvalue weighted by Crippen LogP contribution is -2.14. The van der Waals surface area contributed by atoms with Gasteiger partial charge < -0.3 is 9.32 Å². The maximum atomic E-state index is 6.79. The molecule has 0 fully saturated rings. The van der Waals surface area contributed by atoms with Gasteiger partial charge in [0.15, 0.2) is 0 Å². The number of fused-ring (bicyclic) bond motifs is 6. The summed E-state index contributed by atoms with van der Waals surface area (Å²) in [6, 6.07) is 67.6. The van der Waals surface area contributed by atoms with Crippen LogP contribution in [0.3, 0.4) is 0 Å². The van der Waals surface area contributed by atoms with Crippen LogP contribution in [0.5, 0.6) is 0 Å². The average Bonchev–Trinajstić information content (AvgIpc) is 3.70. The molecule has 0 saturated carbocycles. The van der Waals surface area contributed by atoms with Crippen molar-refractivity contribution in [1.29, 1.82) is 0 Å².